The lowest BCUT2D eigenvalue weighted by atomic mass is 9.67. The molecule has 0 radical (unpaired) electrons. The minimum Gasteiger partial charge on any atom is -0.423 e. The summed E-state index contributed by atoms with van der Waals surface area (Å²) in [5.74, 6) is -2.82. The molecule has 9 nitrogen and oxygen atoms in total. The number of aryl methyl sites for hydroxylation is 2. The molecule has 55 heavy (non-hydrogen) atoms. The van der Waals surface area contributed by atoms with E-state index in [1.807, 2.05) is 62.4 Å². The van der Waals surface area contributed by atoms with E-state index in [0.717, 1.165) is 33.4 Å². The summed E-state index contributed by atoms with van der Waals surface area (Å²) in [7, 11) is 0. The van der Waals surface area contributed by atoms with Gasteiger partial charge in [0.1, 0.15) is 11.5 Å². The van der Waals surface area contributed by atoms with Crippen molar-refractivity contribution in [3.8, 4) is 22.6 Å². The SMILES string of the molecule is Cc1cc(C2(c3ccc(OC(=O)c4ccc5c(c4)C(=O)OC5=O)c(C)c3)c3ccccc3-c3ccccc32)ccc1OC(=O)c1ccc2c(c1)C(=O)CC2=O. The van der Waals surface area contributed by atoms with Crippen LogP contribution in [0.15, 0.2) is 121 Å². The zero-order valence-electron chi connectivity index (χ0n) is 29.4. The van der Waals surface area contributed by atoms with Gasteiger partial charge in [-0.3, -0.25) is 9.59 Å². The van der Waals surface area contributed by atoms with Crippen LogP contribution in [0, 0.1) is 13.8 Å². The Hall–Kier alpha value is -7.26. The maximum atomic E-state index is 13.3. The Labute approximate surface area is 314 Å². The summed E-state index contributed by atoms with van der Waals surface area (Å²) in [6.45, 7) is 3.71. The van der Waals surface area contributed by atoms with Gasteiger partial charge in [0.2, 0.25) is 0 Å². The first-order chi connectivity index (χ1) is 26.5. The number of fused-ring (bicyclic) bond motifs is 5. The van der Waals surface area contributed by atoms with E-state index in [9.17, 15) is 28.8 Å². The summed E-state index contributed by atoms with van der Waals surface area (Å²) in [4.78, 5) is 75.1. The number of carbonyl (C=O) groups is 6. The second-order valence-electron chi connectivity index (χ2n) is 13.8. The monoisotopic (exact) mass is 724 g/mol. The van der Waals surface area contributed by atoms with Crippen molar-refractivity contribution in [2.75, 3.05) is 0 Å². The highest BCUT2D eigenvalue weighted by molar-refractivity contribution is 6.24. The smallest absolute Gasteiger partial charge is 0.346 e. The van der Waals surface area contributed by atoms with Crippen LogP contribution in [-0.4, -0.2) is 35.4 Å². The van der Waals surface area contributed by atoms with Crippen molar-refractivity contribution < 1.29 is 43.0 Å². The van der Waals surface area contributed by atoms with Crippen molar-refractivity contribution in [1.82, 2.24) is 0 Å². The van der Waals surface area contributed by atoms with Gasteiger partial charge in [-0.15, -0.1) is 0 Å². The van der Waals surface area contributed by atoms with E-state index >= 15 is 0 Å². The first-order valence-corrected chi connectivity index (χ1v) is 17.5. The molecule has 0 amide bonds. The summed E-state index contributed by atoms with van der Waals surface area (Å²) < 4.78 is 16.4. The highest BCUT2D eigenvalue weighted by Gasteiger charge is 2.46. The van der Waals surface area contributed by atoms with E-state index in [1.165, 1.54) is 36.4 Å². The minimum absolute atomic E-state index is 0.0144. The van der Waals surface area contributed by atoms with Crippen molar-refractivity contribution in [1.29, 1.82) is 0 Å². The molecule has 0 N–H and O–H groups in total. The van der Waals surface area contributed by atoms with Crippen LogP contribution in [0.4, 0.5) is 0 Å². The van der Waals surface area contributed by atoms with E-state index in [0.29, 0.717) is 28.2 Å². The van der Waals surface area contributed by atoms with Gasteiger partial charge < -0.3 is 14.2 Å². The fourth-order valence-corrected chi connectivity index (χ4v) is 8.03. The van der Waals surface area contributed by atoms with Crippen LogP contribution in [-0.2, 0) is 10.2 Å². The van der Waals surface area contributed by atoms with E-state index in [4.69, 9.17) is 9.47 Å². The molecule has 3 aliphatic rings. The first-order valence-electron chi connectivity index (χ1n) is 17.5. The number of ether oxygens (including phenoxy) is 3. The van der Waals surface area contributed by atoms with Gasteiger partial charge in [0.25, 0.3) is 0 Å². The zero-order chi connectivity index (χ0) is 38.2. The number of hydrogen-bond acceptors (Lipinski definition) is 9. The molecular weight excluding hydrogens is 696 g/mol. The van der Waals surface area contributed by atoms with Gasteiger partial charge in [-0.05, 0) is 107 Å². The number of benzene rings is 6. The van der Waals surface area contributed by atoms with Gasteiger partial charge in [-0.2, -0.15) is 0 Å². The van der Waals surface area contributed by atoms with Crippen molar-refractivity contribution in [2.45, 2.75) is 25.7 Å². The van der Waals surface area contributed by atoms with Crippen molar-refractivity contribution in [3.05, 3.63) is 188 Å². The van der Waals surface area contributed by atoms with E-state index < -0.39 is 29.3 Å². The van der Waals surface area contributed by atoms with Crippen molar-refractivity contribution >= 4 is 35.4 Å². The van der Waals surface area contributed by atoms with E-state index in [-0.39, 0.29) is 45.8 Å². The third-order valence-electron chi connectivity index (χ3n) is 10.6. The van der Waals surface area contributed by atoms with Crippen LogP contribution in [0.5, 0.6) is 11.5 Å². The standard InChI is InChI=1S/C46H28O9/c1-24-19-28(13-17-40(24)53-42(49)26-11-15-32-34(21-26)39(48)23-38(32)47)46(36-9-5-3-7-30(36)31-8-4-6-10-37(31)46)29-14-18-41(25(2)20-29)54-43(50)27-12-16-33-35(22-27)45(52)55-44(33)51/h3-22H,23H2,1-2H3. The highest BCUT2D eigenvalue weighted by atomic mass is 16.6. The maximum Gasteiger partial charge on any atom is 0.346 e. The molecule has 0 spiro atoms. The molecule has 0 fully saturated rings. The Kier molecular flexibility index (Phi) is 7.58. The van der Waals surface area contributed by atoms with Crippen molar-refractivity contribution in [2.24, 2.45) is 0 Å². The minimum atomic E-state index is -0.826. The van der Waals surface area contributed by atoms with Gasteiger partial charge in [0, 0.05) is 11.1 Å². The lowest BCUT2D eigenvalue weighted by molar-refractivity contribution is 0.0442. The second-order valence-corrected chi connectivity index (χ2v) is 13.8. The van der Waals surface area contributed by atoms with Gasteiger partial charge in [0.15, 0.2) is 11.6 Å². The molecule has 0 unspecified atom stereocenters. The van der Waals surface area contributed by atoms with Crippen LogP contribution >= 0.6 is 0 Å². The van der Waals surface area contributed by atoms with E-state index in [1.54, 1.807) is 12.1 Å². The Morgan fingerprint density at radius 1 is 0.509 bits per heavy atom. The second kappa shape index (κ2) is 12.4. The Morgan fingerprint density at radius 3 is 1.53 bits per heavy atom. The summed E-state index contributed by atoms with van der Waals surface area (Å²) in [5.41, 5.74) is 7.52. The fraction of sp³-hybridized carbons (Fsp3) is 0.0870. The number of esters is 4. The van der Waals surface area contributed by atoms with Crippen LogP contribution in [0.2, 0.25) is 0 Å². The lowest BCUT2D eigenvalue weighted by Gasteiger charge is -2.34. The Bertz CT molecular complexity index is 2570. The van der Waals surface area contributed by atoms with Crippen LogP contribution in [0.25, 0.3) is 11.1 Å². The number of carbonyl (C=O) groups excluding carboxylic acids is 6. The maximum absolute atomic E-state index is 13.3. The third kappa shape index (κ3) is 5.15. The number of cyclic esters (lactones) is 2. The molecule has 0 atom stereocenters. The molecule has 6 aromatic rings. The summed E-state index contributed by atoms with van der Waals surface area (Å²) in [6, 6.07) is 36.3. The third-order valence-corrected chi connectivity index (χ3v) is 10.6. The topological polar surface area (TPSA) is 130 Å². The number of rotatable bonds is 6. The number of Topliss-reactive ketones (excluding diaryl/α,β-unsaturated/α-hetero) is 2. The zero-order valence-corrected chi connectivity index (χ0v) is 29.4. The highest BCUT2D eigenvalue weighted by Crippen LogP contribution is 2.56. The van der Waals surface area contributed by atoms with Gasteiger partial charge >= 0.3 is 23.9 Å². The molecule has 0 aromatic heterocycles. The molecule has 1 heterocycles. The van der Waals surface area contributed by atoms with Crippen LogP contribution < -0.4 is 9.47 Å². The fourth-order valence-electron chi connectivity index (χ4n) is 8.03. The molecule has 266 valence electrons. The molecule has 2 aliphatic carbocycles. The molecule has 9 rings (SSSR count). The molecule has 6 aromatic carbocycles. The molecule has 0 saturated heterocycles. The predicted molar refractivity (Wildman–Crippen MR) is 199 cm³/mol. The molecule has 9 heteroatoms. The number of hydrogen-bond donors (Lipinski definition) is 0. The Morgan fingerprint density at radius 2 is 0.982 bits per heavy atom. The lowest BCUT2D eigenvalue weighted by Crippen LogP contribution is -2.29. The average Bonchev–Trinajstić information content (AvgIpc) is 3.77. The van der Waals surface area contributed by atoms with Gasteiger partial charge in [0.05, 0.1) is 34.1 Å². The van der Waals surface area contributed by atoms with Gasteiger partial charge in [-0.1, -0.05) is 72.8 Å². The van der Waals surface area contributed by atoms with E-state index in [2.05, 4.69) is 29.0 Å². The summed E-state index contributed by atoms with van der Waals surface area (Å²) in [6.07, 6.45) is -0.200. The quantitative estimate of drug-likeness (QED) is 0.0947. The van der Waals surface area contributed by atoms with Crippen LogP contribution in [0.3, 0.4) is 0 Å². The van der Waals surface area contributed by atoms with Crippen molar-refractivity contribution in [3.63, 3.8) is 0 Å². The van der Waals surface area contributed by atoms with Crippen LogP contribution in [0.1, 0.15) is 102 Å². The molecule has 0 bridgehead atoms. The first kappa shape index (κ1) is 33.6. The molecule has 1 aliphatic heterocycles. The number of ketones is 2. The average molecular weight is 725 g/mol. The predicted octanol–water partition coefficient (Wildman–Crippen LogP) is 8.18. The molecule has 0 saturated carbocycles. The molecular formula is C46H28O9. The summed E-state index contributed by atoms with van der Waals surface area (Å²) in [5, 5.41) is 0. The van der Waals surface area contributed by atoms with Gasteiger partial charge in [-0.25, -0.2) is 19.2 Å². The largest absolute Gasteiger partial charge is 0.423 e. The Balaban J connectivity index is 1.10. The normalized spacial score (nSPS) is 14.5. The summed E-state index contributed by atoms with van der Waals surface area (Å²) >= 11 is 0.